The Balaban J connectivity index is 1.43. The molecule has 222 valence electrons. The molecule has 4 bridgehead atoms. The van der Waals surface area contributed by atoms with Crippen LogP contribution in [-0.4, -0.2) is 0 Å². The number of nitrogens with two attached hydrogens (primary N) is 3. The Labute approximate surface area is 266 Å². The summed E-state index contributed by atoms with van der Waals surface area (Å²) in [4.78, 5) is 0. The summed E-state index contributed by atoms with van der Waals surface area (Å²) >= 11 is 18.6. The molecule has 0 aromatic heterocycles. The van der Waals surface area contributed by atoms with Gasteiger partial charge in [-0.25, -0.2) is 0 Å². The minimum absolute atomic E-state index is 0.0489. The van der Waals surface area contributed by atoms with E-state index in [1.807, 2.05) is 6.07 Å². The average Bonchev–Trinajstić information content (AvgIpc) is 2.93. The number of rotatable bonds is 7. The Morgan fingerprint density at radius 3 is 1.35 bits per heavy atom. The lowest BCUT2D eigenvalue weighted by atomic mass is 9.48. The topological polar surface area (TPSA) is 106 Å². The minimum Gasteiger partial charge on any atom is -0.451 e. The number of benzene rings is 4. The summed E-state index contributed by atoms with van der Waals surface area (Å²) in [7, 11) is 0. The van der Waals surface area contributed by atoms with Crippen LogP contribution < -0.4 is 31.4 Å². The first-order chi connectivity index (χ1) is 20.7. The van der Waals surface area contributed by atoms with Gasteiger partial charge >= 0.3 is 0 Å². The van der Waals surface area contributed by atoms with E-state index in [-0.39, 0.29) is 5.41 Å². The van der Waals surface area contributed by atoms with Gasteiger partial charge in [-0.3, -0.25) is 0 Å². The van der Waals surface area contributed by atoms with Gasteiger partial charge in [0.2, 0.25) is 5.75 Å². The molecular formula is C34H32Cl3N3O3. The zero-order valence-electron chi connectivity index (χ0n) is 23.4. The second-order valence-electron chi connectivity index (χ2n) is 12.3. The van der Waals surface area contributed by atoms with Crippen LogP contribution in [0.4, 0.5) is 17.1 Å². The van der Waals surface area contributed by atoms with E-state index in [9.17, 15) is 0 Å². The van der Waals surface area contributed by atoms with E-state index < -0.39 is 0 Å². The fourth-order valence-corrected chi connectivity index (χ4v) is 8.40. The number of nitrogen functional groups attached to an aromatic ring is 3. The Kier molecular flexibility index (Phi) is 7.19. The predicted molar refractivity (Wildman–Crippen MR) is 174 cm³/mol. The van der Waals surface area contributed by atoms with Gasteiger partial charge in [0, 0.05) is 20.6 Å². The molecule has 0 aliphatic heterocycles. The summed E-state index contributed by atoms with van der Waals surface area (Å²) < 4.78 is 19.8. The maximum Gasteiger partial charge on any atom is 0.212 e. The number of ether oxygens (including phenoxy) is 3. The fraction of sp³-hybridized carbons (Fsp3) is 0.294. The van der Waals surface area contributed by atoms with Crippen LogP contribution in [0.5, 0.6) is 34.5 Å². The standard InChI is InChI=1S/C34H32Cl3N3O3/c35-21-1-5-28(25(38)12-21)41-31-8-4-24(34-15-18-9-19(16-34)11-20(10-18)17-34)32(42-29-6-2-22(36)13-26(29)39)33(31)43-30-7-3-23(37)14-27(30)40/h1-8,12-14,18-20H,9-11,15-17,38-40H2. The monoisotopic (exact) mass is 635 g/mol. The van der Waals surface area contributed by atoms with E-state index in [1.165, 1.54) is 19.3 Å². The molecule has 8 rings (SSSR count). The highest BCUT2D eigenvalue weighted by Crippen LogP contribution is 2.64. The van der Waals surface area contributed by atoms with Crippen molar-refractivity contribution in [3.63, 3.8) is 0 Å². The van der Waals surface area contributed by atoms with Crippen LogP contribution in [0, 0.1) is 17.8 Å². The molecule has 4 aliphatic rings. The van der Waals surface area contributed by atoms with Gasteiger partial charge in [-0.1, -0.05) is 40.9 Å². The molecular weight excluding hydrogens is 605 g/mol. The van der Waals surface area contributed by atoms with Crippen LogP contribution in [-0.2, 0) is 5.41 Å². The molecule has 0 saturated heterocycles. The molecule has 0 spiro atoms. The largest absolute Gasteiger partial charge is 0.451 e. The summed E-state index contributed by atoms with van der Waals surface area (Å²) in [5.74, 6) is 4.74. The van der Waals surface area contributed by atoms with E-state index in [0.29, 0.717) is 84.4 Å². The first-order valence-electron chi connectivity index (χ1n) is 14.5. The highest BCUT2D eigenvalue weighted by atomic mass is 35.5. The lowest BCUT2D eigenvalue weighted by molar-refractivity contribution is -0.00610. The number of hydrogen-bond donors (Lipinski definition) is 3. The molecule has 4 saturated carbocycles. The van der Waals surface area contributed by atoms with Crippen molar-refractivity contribution in [3.8, 4) is 34.5 Å². The molecule has 0 heterocycles. The maximum absolute atomic E-state index is 6.77. The van der Waals surface area contributed by atoms with Crippen LogP contribution >= 0.6 is 34.8 Å². The zero-order valence-corrected chi connectivity index (χ0v) is 25.7. The van der Waals surface area contributed by atoms with Gasteiger partial charge in [0.1, 0.15) is 0 Å². The SMILES string of the molecule is Nc1cc(Cl)ccc1Oc1ccc(C23CC4CC(CC(C4)C2)C3)c(Oc2ccc(Cl)cc2N)c1Oc1ccc(Cl)cc1N. The molecule has 6 N–H and O–H groups in total. The second kappa shape index (κ2) is 10.9. The fourth-order valence-electron chi connectivity index (χ4n) is 7.86. The highest BCUT2D eigenvalue weighted by Gasteiger charge is 2.53. The van der Waals surface area contributed by atoms with E-state index >= 15 is 0 Å². The van der Waals surface area contributed by atoms with Crippen molar-refractivity contribution in [2.75, 3.05) is 17.2 Å². The Morgan fingerprint density at radius 1 is 0.512 bits per heavy atom. The van der Waals surface area contributed by atoms with E-state index in [4.69, 9.17) is 66.2 Å². The van der Waals surface area contributed by atoms with Crippen molar-refractivity contribution in [1.82, 2.24) is 0 Å². The number of halogens is 3. The van der Waals surface area contributed by atoms with Crippen molar-refractivity contribution >= 4 is 51.9 Å². The Hall–Kier alpha value is -3.45. The van der Waals surface area contributed by atoms with E-state index in [2.05, 4.69) is 6.07 Å². The van der Waals surface area contributed by atoms with E-state index in [1.54, 1.807) is 54.6 Å². The maximum atomic E-state index is 6.77. The summed E-state index contributed by atoms with van der Waals surface area (Å²) in [6.07, 6.45) is 7.25. The normalized spacial score (nSPS) is 23.7. The summed E-state index contributed by atoms with van der Waals surface area (Å²) in [5.41, 5.74) is 21.3. The molecule has 4 aliphatic carbocycles. The molecule has 6 nitrogen and oxygen atoms in total. The van der Waals surface area contributed by atoms with Crippen LogP contribution in [0.25, 0.3) is 0 Å². The zero-order chi connectivity index (χ0) is 29.9. The molecule has 0 unspecified atom stereocenters. The molecule has 0 atom stereocenters. The first kappa shape index (κ1) is 28.3. The van der Waals surface area contributed by atoms with E-state index in [0.717, 1.165) is 24.8 Å². The smallest absolute Gasteiger partial charge is 0.212 e. The third-order valence-corrected chi connectivity index (χ3v) is 9.95. The summed E-state index contributed by atoms with van der Waals surface area (Å²) in [5, 5.41) is 1.53. The van der Waals surface area contributed by atoms with Gasteiger partial charge in [-0.2, -0.15) is 0 Å². The third kappa shape index (κ3) is 5.41. The van der Waals surface area contributed by atoms with Crippen LogP contribution in [0.2, 0.25) is 15.1 Å². The van der Waals surface area contributed by atoms with Gasteiger partial charge in [0.05, 0.1) is 17.1 Å². The Bertz CT molecular complexity index is 1690. The third-order valence-electron chi connectivity index (χ3n) is 9.25. The lowest BCUT2D eigenvalue weighted by Gasteiger charge is -2.57. The van der Waals surface area contributed by atoms with Crippen molar-refractivity contribution in [1.29, 1.82) is 0 Å². The summed E-state index contributed by atoms with van der Waals surface area (Å²) in [6, 6.07) is 19.4. The molecule has 0 radical (unpaired) electrons. The lowest BCUT2D eigenvalue weighted by Crippen LogP contribution is -2.48. The molecule has 43 heavy (non-hydrogen) atoms. The van der Waals surface area contributed by atoms with Gasteiger partial charge in [-0.05, 0) is 122 Å². The molecule has 0 amide bonds. The van der Waals surface area contributed by atoms with Gasteiger partial charge in [0.25, 0.3) is 0 Å². The van der Waals surface area contributed by atoms with Crippen LogP contribution in [0.1, 0.15) is 44.1 Å². The summed E-state index contributed by atoms with van der Waals surface area (Å²) in [6.45, 7) is 0. The van der Waals surface area contributed by atoms with Gasteiger partial charge in [0.15, 0.2) is 28.7 Å². The minimum atomic E-state index is -0.0489. The van der Waals surface area contributed by atoms with Crippen LogP contribution in [0.15, 0.2) is 66.7 Å². The quantitative estimate of drug-likeness (QED) is 0.174. The molecule has 4 aromatic rings. The molecule has 4 fully saturated rings. The van der Waals surface area contributed by atoms with Gasteiger partial charge < -0.3 is 31.4 Å². The highest BCUT2D eigenvalue weighted by molar-refractivity contribution is 6.31. The molecule has 4 aromatic carbocycles. The molecule has 9 heteroatoms. The number of hydrogen-bond acceptors (Lipinski definition) is 6. The average molecular weight is 637 g/mol. The second-order valence-corrected chi connectivity index (χ2v) is 13.6. The van der Waals surface area contributed by atoms with Crippen molar-refractivity contribution in [2.24, 2.45) is 17.8 Å². The van der Waals surface area contributed by atoms with Crippen molar-refractivity contribution < 1.29 is 14.2 Å². The van der Waals surface area contributed by atoms with Gasteiger partial charge in [-0.15, -0.1) is 0 Å². The van der Waals surface area contributed by atoms with Crippen molar-refractivity contribution in [3.05, 3.63) is 87.4 Å². The predicted octanol–water partition coefficient (Wildman–Crippen LogP) is 10.2. The Morgan fingerprint density at radius 2 is 0.907 bits per heavy atom. The number of anilines is 3. The van der Waals surface area contributed by atoms with Crippen molar-refractivity contribution in [2.45, 2.75) is 43.9 Å². The van der Waals surface area contributed by atoms with Crippen LogP contribution in [0.3, 0.4) is 0 Å². The first-order valence-corrected chi connectivity index (χ1v) is 15.7.